The normalized spacial score (nSPS) is 16.5. The molecule has 2 heterocycles. The third-order valence-corrected chi connectivity index (χ3v) is 8.47. The van der Waals surface area contributed by atoms with Gasteiger partial charge in [0.2, 0.25) is 0 Å². The minimum absolute atomic E-state index is 0. The van der Waals surface area contributed by atoms with Crippen LogP contribution in [0.3, 0.4) is 0 Å². The van der Waals surface area contributed by atoms with Crippen LogP contribution >= 0.6 is 24.8 Å². The van der Waals surface area contributed by atoms with Gasteiger partial charge in [-0.1, -0.05) is 78.9 Å². The number of nitrogens with one attached hydrogen (secondary N) is 1. The van der Waals surface area contributed by atoms with E-state index < -0.39 is 22.8 Å². The molecule has 1 saturated heterocycles. The number of hydrogen-bond donors (Lipinski definition) is 1. The van der Waals surface area contributed by atoms with E-state index in [0.29, 0.717) is 17.9 Å². The molecule has 13 heteroatoms. The summed E-state index contributed by atoms with van der Waals surface area (Å²) in [5.41, 5.74) is 3.73. The molecule has 2 aliphatic rings. The van der Waals surface area contributed by atoms with Crippen molar-refractivity contribution >= 4 is 42.4 Å². The molecule has 1 atom stereocenters. The van der Waals surface area contributed by atoms with Crippen molar-refractivity contribution in [2.75, 3.05) is 46.4 Å². The van der Waals surface area contributed by atoms with Crippen molar-refractivity contribution in [1.29, 1.82) is 0 Å². The number of esters is 2. The number of carbonyl (C=O) groups is 2. The van der Waals surface area contributed by atoms with Gasteiger partial charge in [0.05, 0.1) is 35.1 Å². The lowest BCUT2D eigenvalue weighted by Gasteiger charge is -2.39. The number of para-hydroxylation sites is 1. The van der Waals surface area contributed by atoms with Crippen LogP contribution in [0, 0.1) is 10.1 Å². The van der Waals surface area contributed by atoms with Gasteiger partial charge in [0.1, 0.15) is 6.61 Å². The molecule has 2 aliphatic heterocycles. The fourth-order valence-electron chi connectivity index (χ4n) is 6.33. The Kier molecular flexibility index (Phi) is 15.2. The largest absolute Gasteiger partial charge is 0.466 e. The average Bonchev–Trinajstić information content (AvgIpc) is 3.06. The first kappa shape index (κ1) is 39.9. The summed E-state index contributed by atoms with van der Waals surface area (Å²) in [5.74, 6) is -2.34. The summed E-state index contributed by atoms with van der Waals surface area (Å²) in [6.07, 6.45) is 0. The maximum absolute atomic E-state index is 13.6. The van der Waals surface area contributed by atoms with Crippen molar-refractivity contribution < 1.29 is 29.5 Å². The number of nitro groups is 1. The van der Waals surface area contributed by atoms with Gasteiger partial charge in [-0.3, -0.25) is 19.9 Å². The third kappa shape index (κ3) is 8.80. The molecule has 0 spiro atoms. The first-order valence-corrected chi connectivity index (χ1v) is 15.0. The van der Waals surface area contributed by atoms with E-state index in [-0.39, 0.29) is 65.3 Å². The molecule has 1 unspecified atom stereocenters. The molecule has 1 fully saturated rings. The average molecular weight is 702 g/mol. The lowest BCUT2D eigenvalue weighted by atomic mass is 9.79. The number of benzene rings is 3. The number of allylic oxidation sites excluding steroid dienone is 2. The Balaban J connectivity index is 0.00000267. The standard InChI is InChI=1S/C35H38N4O6.2ClH.H2O/c1-24-30(34(40)44-3)32(28-16-10-11-17-29(28)39(42)43)31(25(2)36-24)35(41)45-23-22-37-18-20-38(21-19-37)33(26-12-6-4-7-13-26)27-14-8-5-9-15-27;;;/h4-17,32-33,36H,18-23H2,1-3H3;2*1H;1H2. The highest BCUT2D eigenvalue weighted by Gasteiger charge is 2.40. The molecule has 0 aliphatic carbocycles. The van der Waals surface area contributed by atoms with Crippen LogP contribution in [-0.4, -0.2) is 78.6 Å². The maximum Gasteiger partial charge on any atom is 0.336 e. The molecule has 258 valence electrons. The lowest BCUT2D eigenvalue weighted by molar-refractivity contribution is -0.385. The minimum Gasteiger partial charge on any atom is -0.466 e. The Morgan fingerprint density at radius 2 is 1.33 bits per heavy atom. The maximum atomic E-state index is 13.6. The molecule has 11 nitrogen and oxygen atoms in total. The number of nitro benzene ring substituents is 1. The number of nitrogens with zero attached hydrogens (tertiary/aromatic N) is 3. The van der Waals surface area contributed by atoms with E-state index in [1.165, 1.54) is 24.3 Å². The summed E-state index contributed by atoms with van der Waals surface area (Å²) in [4.78, 5) is 42.7. The van der Waals surface area contributed by atoms with Crippen molar-refractivity contribution in [3.05, 3.63) is 134 Å². The second kappa shape index (κ2) is 18.3. The van der Waals surface area contributed by atoms with Crippen LogP contribution in [0.2, 0.25) is 0 Å². The monoisotopic (exact) mass is 700 g/mol. The van der Waals surface area contributed by atoms with Gasteiger partial charge >= 0.3 is 11.9 Å². The number of hydrogen-bond acceptors (Lipinski definition) is 9. The summed E-state index contributed by atoms with van der Waals surface area (Å²) in [6, 6.07) is 27.3. The number of dihydropyridines is 1. The molecule has 0 amide bonds. The molecule has 3 aromatic rings. The Morgan fingerprint density at radius 3 is 1.85 bits per heavy atom. The Bertz CT molecular complexity index is 1570. The molecule has 0 saturated carbocycles. The highest BCUT2D eigenvalue weighted by molar-refractivity contribution is 6.00. The van der Waals surface area contributed by atoms with E-state index in [9.17, 15) is 19.7 Å². The van der Waals surface area contributed by atoms with Crippen LogP contribution in [0.1, 0.15) is 42.5 Å². The minimum atomic E-state index is -1.02. The number of carbonyl (C=O) groups excluding carboxylic acids is 2. The predicted octanol–water partition coefficient (Wildman–Crippen LogP) is 4.97. The van der Waals surface area contributed by atoms with E-state index in [1.807, 2.05) is 12.1 Å². The number of piperazine rings is 1. The second-order valence-corrected chi connectivity index (χ2v) is 11.2. The van der Waals surface area contributed by atoms with E-state index >= 15 is 0 Å². The van der Waals surface area contributed by atoms with E-state index in [4.69, 9.17) is 9.47 Å². The SMILES string of the molecule is COC(=O)C1=C(C)NC(C)=C(C(=O)OCCN2CCN(C(c3ccccc3)c3ccccc3)CC2)C1c1ccccc1[N+](=O)[O-].Cl.Cl.O. The lowest BCUT2D eigenvalue weighted by Crippen LogP contribution is -2.48. The topological polar surface area (TPSA) is 146 Å². The van der Waals surface area contributed by atoms with Gasteiger partial charge in [0, 0.05) is 55.7 Å². The molecule has 0 aromatic heterocycles. The first-order valence-electron chi connectivity index (χ1n) is 15.0. The first-order chi connectivity index (χ1) is 21.8. The number of ether oxygens (including phenoxy) is 2. The fraction of sp³-hybridized carbons (Fsp3) is 0.314. The highest BCUT2D eigenvalue weighted by atomic mass is 35.5. The molecule has 0 radical (unpaired) electrons. The zero-order valence-corrected chi connectivity index (χ0v) is 28.7. The summed E-state index contributed by atoms with van der Waals surface area (Å²) < 4.78 is 10.8. The van der Waals surface area contributed by atoms with Crippen molar-refractivity contribution in [2.24, 2.45) is 0 Å². The molecule has 3 N–H and O–H groups in total. The summed E-state index contributed by atoms with van der Waals surface area (Å²) in [6.45, 7) is 7.37. The van der Waals surface area contributed by atoms with Crippen molar-refractivity contribution in [2.45, 2.75) is 25.8 Å². The van der Waals surface area contributed by atoms with Crippen LogP contribution in [0.4, 0.5) is 5.69 Å². The second-order valence-electron chi connectivity index (χ2n) is 11.2. The molecule has 0 bridgehead atoms. The van der Waals surface area contributed by atoms with E-state index in [2.05, 4.69) is 63.6 Å². The van der Waals surface area contributed by atoms with Gasteiger partial charge in [0.25, 0.3) is 5.69 Å². The molecule has 3 aromatic carbocycles. The zero-order valence-electron chi connectivity index (χ0n) is 27.1. The highest BCUT2D eigenvalue weighted by Crippen LogP contribution is 2.42. The number of methoxy groups -OCH3 is 1. The summed E-state index contributed by atoms with van der Waals surface area (Å²) >= 11 is 0. The van der Waals surface area contributed by atoms with Crippen molar-refractivity contribution in [3.8, 4) is 0 Å². The Morgan fingerprint density at radius 1 is 0.833 bits per heavy atom. The quantitative estimate of drug-likeness (QED) is 0.176. The van der Waals surface area contributed by atoms with E-state index in [1.54, 1.807) is 32.0 Å². The van der Waals surface area contributed by atoms with Gasteiger partial charge in [-0.05, 0) is 25.0 Å². The smallest absolute Gasteiger partial charge is 0.336 e. The third-order valence-electron chi connectivity index (χ3n) is 8.47. The van der Waals surface area contributed by atoms with Crippen LogP contribution in [-0.2, 0) is 19.1 Å². The van der Waals surface area contributed by atoms with Crippen LogP contribution in [0.5, 0.6) is 0 Å². The number of rotatable bonds is 10. The van der Waals surface area contributed by atoms with Crippen LogP contribution in [0.15, 0.2) is 107 Å². The number of halogens is 2. The van der Waals surface area contributed by atoms with Gasteiger partial charge in [-0.2, -0.15) is 0 Å². The van der Waals surface area contributed by atoms with E-state index in [0.717, 1.165) is 26.2 Å². The van der Waals surface area contributed by atoms with Crippen molar-refractivity contribution in [1.82, 2.24) is 15.1 Å². The fourth-order valence-corrected chi connectivity index (χ4v) is 6.33. The Labute approximate surface area is 292 Å². The molecular weight excluding hydrogens is 659 g/mol. The molecular formula is C35H42Cl2N4O7. The van der Waals surface area contributed by atoms with Gasteiger partial charge in [0.15, 0.2) is 0 Å². The molecule has 48 heavy (non-hydrogen) atoms. The summed E-state index contributed by atoms with van der Waals surface area (Å²) in [7, 11) is 1.24. The predicted molar refractivity (Wildman–Crippen MR) is 188 cm³/mol. The van der Waals surface area contributed by atoms with Crippen molar-refractivity contribution in [3.63, 3.8) is 0 Å². The van der Waals surface area contributed by atoms with Gasteiger partial charge < -0.3 is 20.3 Å². The summed E-state index contributed by atoms with van der Waals surface area (Å²) in [5, 5.41) is 15.0. The zero-order chi connectivity index (χ0) is 31.9. The van der Waals surface area contributed by atoms with Gasteiger partial charge in [-0.15, -0.1) is 24.8 Å². The van der Waals surface area contributed by atoms with Crippen LogP contribution < -0.4 is 5.32 Å². The molecule has 5 rings (SSSR count). The Hall–Kier alpha value is -4.26. The van der Waals surface area contributed by atoms with Crippen LogP contribution in [0.25, 0.3) is 0 Å². The van der Waals surface area contributed by atoms with Gasteiger partial charge in [-0.25, -0.2) is 9.59 Å².